The monoisotopic (exact) mass is 366 g/mol. The van der Waals surface area contributed by atoms with Gasteiger partial charge < -0.3 is 19.3 Å². The van der Waals surface area contributed by atoms with Gasteiger partial charge in [-0.3, -0.25) is 0 Å². The predicted octanol–water partition coefficient (Wildman–Crippen LogP) is 4.34. The van der Waals surface area contributed by atoms with Crippen LogP contribution < -0.4 is 0 Å². The number of likely N-dealkylation sites (tertiary alicyclic amines) is 1. The van der Waals surface area contributed by atoms with Crippen molar-refractivity contribution in [1.29, 1.82) is 0 Å². The minimum Gasteiger partial charge on any atom is -0.444 e. The van der Waals surface area contributed by atoms with E-state index in [4.69, 9.17) is 4.74 Å². The zero-order valence-electron chi connectivity index (χ0n) is 16.1. The number of carbonyl (C=O) groups is 1. The topological polar surface area (TPSA) is 54.7 Å². The second-order valence-electron chi connectivity index (χ2n) is 8.25. The average Bonchev–Trinajstić information content (AvgIpc) is 2.95. The van der Waals surface area contributed by atoms with Crippen LogP contribution in [-0.4, -0.2) is 45.5 Å². The van der Waals surface area contributed by atoms with Crippen molar-refractivity contribution in [1.82, 2.24) is 9.47 Å². The van der Waals surface area contributed by atoms with Crippen molar-refractivity contribution in [2.75, 3.05) is 13.1 Å². The van der Waals surface area contributed by atoms with Gasteiger partial charge in [0.1, 0.15) is 5.60 Å². The van der Waals surface area contributed by atoms with Gasteiger partial charge in [0.15, 0.2) is 0 Å². The molecule has 0 aliphatic carbocycles. The SMILES string of the molecule is CC(C)(C)OC(=O)N1CC[C@H](O)[C@@H](n2c3ccccc3c3ccccc32)C1. The number of piperidine rings is 1. The Morgan fingerprint density at radius 3 is 2.15 bits per heavy atom. The number of nitrogens with zero attached hydrogens (tertiary/aromatic N) is 2. The lowest BCUT2D eigenvalue weighted by atomic mass is 10.0. The number of aliphatic hydroxyl groups excluding tert-OH is 1. The predicted molar refractivity (Wildman–Crippen MR) is 107 cm³/mol. The minimum atomic E-state index is -0.532. The number of hydrogen-bond acceptors (Lipinski definition) is 3. The van der Waals surface area contributed by atoms with Crippen LogP contribution in [0.3, 0.4) is 0 Å². The third-order valence-corrected chi connectivity index (χ3v) is 5.15. The second kappa shape index (κ2) is 6.57. The molecule has 2 atom stereocenters. The van der Waals surface area contributed by atoms with Crippen molar-refractivity contribution < 1.29 is 14.6 Å². The first kappa shape index (κ1) is 17.9. The molecule has 4 rings (SSSR count). The molecule has 1 aromatic heterocycles. The molecule has 1 aliphatic heterocycles. The van der Waals surface area contributed by atoms with Gasteiger partial charge in [-0.1, -0.05) is 36.4 Å². The van der Waals surface area contributed by atoms with Crippen LogP contribution in [0.25, 0.3) is 21.8 Å². The number of amides is 1. The Kier molecular flexibility index (Phi) is 4.35. The van der Waals surface area contributed by atoms with E-state index in [9.17, 15) is 9.90 Å². The zero-order valence-corrected chi connectivity index (χ0v) is 16.1. The van der Waals surface area contributed by atoms with Crippen LogP contribution in [0.1, 0.15) is 33.2 Å². The van der Waals surface area contributed by atoms with E-state index < -0.39 is 11.7 Å². The van der Waals surface area contributed by atoms with E-state index in [1.165, 1.54) is 0 Å². The van der Waals surface area contributed by atoms with Gasteiger partial charge in [-0.15, -0.1) is 0 Å². The van der Waals surface area contributed by atoms with Crippen LogP contribution in [0, 0.1) is 0 Å². The van der Waals surface area contributed by atoms with E-state index in [0.29, 0.717) is 19.5 Å². The highest BCUT2D eigenvalue weighted by Gasteiger charge is 2.34. The van der Waals surface area contributed by atoms with Gasteiger partial charge in [0.25, 0.3) is 0 Å². The van der Waals surface area contributed by atoms with E-state index in [1.807, 2.05) is 45.0 Å². The molecule has 0 unspecified atom stereocenters. The van der Waals surface area contributed by atoms with Gasteiger partial charge in [0.05, 0.1) is 12.1 Å². The molecule has 0 bridgehead atoms. The Morgan fingerprint density at radius 1 is 1.04 bits per heavy atom. The molecule has 1 N–H and O–H groups in total. The van der Waals surface area contributed by atoms with Crippen LogP contribution in [0.5, 0.6) is 0 Å². The fraction of sp³-hybridized carbons (Fsp3) is 0.409. The smallest absolute Gasteiger partial charge is 0.410 e. The normalized spacial score (nSPS) is 21.0. The van der Waals surface area contributed by atoms with Gasteiger partial charge >= 0.3 is 6.09 Å². The second-order valence-corrected chi connectivity index (χ2v) is 8.25. The van der Waals surface area contributed by atoms with Crippen LogP contribution in [0.2, 0.25) is 0 Å². The summed E-state index contributed by atoms with van der Waals surface area (Å²) in [5, 5.41) is 13.1. The highest BCUT2D eigenvalue weighted by atomic mass is 16.6. The van der Waals surface area contributed by atoms with Gasteiger partial charge in [-0.2, -0.15) is 0 Å². The molecule has 1 saturated heterocycles. The lowest BCUT2D eigenvalue weighted by Crippen LogP contribution is -2.48. The zero-order chi connectivity index (χ0) is 19.2. The van der Waals surface area contributed by atoms with E-state index in [2.05, 4.69) is 28.8 Å². The number of carbonyl (C=O) groups excluding carboxylic acids is 1. The van der Waals surface area contributed by atoms with E-state index in [1.54, 1.807) is 4.90 Å². The molecule has 3 aromatic rings. The lowest BCUT2D eigenvalue weighted by Gasteiger charge is -2.38. The Balaban J connectivity index is 1.76. The van der Waals surface area contributed by atoms with Crippen molar-refractivity contribution in [3.63, 3.8) is 0 Å². The molecule has 142 valence electrons. The molecule has 1 amide bonds. The Hall–Kier alpha value is -2.53. The van der Waals surface area contributed by atoms with Crippen molar-refractivity contribution in [2.45, 2.75) is 44.9 Å². The summed E-state index contributed by atoms with van der Waals surface area (Å²) in [6, 6.07) is 16.2. The molecule has 27 heavy (non-hydrogen) atoms. The van der Waals surface area contributed by atoms with Gasteiger partial charge in [-0.25, -0.2) is 4.79 Å². The molecule has 1 fully saturated rings. The van der Waals surface area contributed by atoms with E-state index >= 15 is 0 Å². The molecule has 0 radical (unpaired) electrons. The number of aromatic nitrogens is 1. The molecule has 5 nitrogen and oxygen atoms in total. The molecule has 1 aliphatic rings. The van der Waals surface area contributed by atoms with Gasteiger partial charge in [0, 0.05) is 34.9 Å². The summed E-state index contributed by atoms with van der Waals surface area (Å²) >= 11 is 0. The van der Waals surface area contributed by atoms with Crippen LogP contribution >= 0.6 is 0 Å². The first-order valence-electron chi connectivity index (χ1n) is 9.49. The summed E-state index contributed by atoms with van der Waals surface area (Å²) in [6.07, 6.45) is -0.298. The largest absolute Gasteiger partial charge is 0.444 e. The number of para-hydroxylation sites is 2. The molecular formula is C22H26N2O3. The summed E-state index contributed by atoms with van der Waals surface area (Å²) in [6.45, 7) is 6.54. The van der Waals surface area contributed by atoms with Gasteiger partial charge in [0.2, 0.25) is 0 Å². The maximum atomic E-state index is 12.6. The summed E-state index contributed by atoms with van der Waals surface area (Å²) < 4.78 is 7.74. The average molecular weight is 366 g/mol. The number of hydrogen-bond donors (Lipinski definition) is 1. The summed E-state index contributed by atoms with van der Waals surface area (Å²) in [5.41, 5.74) is 1.62. The highest BCUT2D eigenvalue weighted by molar-refractivity contribution is 6.08. The molecule has 0 spiro atoms. The maximum Gasteiger partial charge on any atom is 0.410 e. The number of ether oxygens (including phenoxy) is 1. The van der Waals surface area contributed by atoms with Crippen LogP contribution in [0.4, 0.5) is 4.79 Å². The number of rotatable bonds is 1. The molecule has 2 aromatic carbocycles. The third kappa shape index (κ3) is 3.28. The van der Waals surface area contributed by atoms with Crippen molar-refractivity contribution in [2.24, 2.45) is 0 Å². The minimum absolute atomic E-state index is 0.212. The summed E-state index contributed by atoms with van der Waals surface area (Å²) in [5.74, 6) is 0. The van der Waals surface area contributed by atoms with Crippen molar-refractivity contribution in [3.05, 3.63) is 48.5 Å². The summed E-state index contributed by atoms with van der Waals surface area (Å²) in [4.78, 5) is 14.3. The van der Waals surface area contributed by atoms with Crippen LogP contribution in [-0.2, 0) is 4.74 Å². The highest BCUT2D eigenvalue weighted by Crippen LogP contribution is 2.35. The lowest BCUT2D eigenvalue weighted by molar-refractivity contribution is -0.00417. The number of aliphatic hydroxyl groups is 1. The Labute approximate surface area is 159 Å². The van der Waals surface area contributed by atoms with E-state index in [-0.39, 0.29) is 12.1 Å². The first-order chi connectivity index (χ1) is 12.8. The molecule has 0 saturated carbocycles. The number of benzene rings is 2. The van der Waals surface area contributed by atoms with Crippen molar-refractivity contribution >= 4 is 27.9 Å². The Bertz CT molecular complexity index is 933. The molecule has 5 heteroatoms. The summed E-state index contributed by atoms with van der Waals surface area (Å²) in [7, 11) is 0. The van der Waals surface area contributed by atoms with Gasteiger partial charge in [-0.05, 0) is 39.3 Å². The van der Waals surface area contributed by atoms with Crippen molar-refractivity contribution in [3.8, 4) is 0 Å². The maximum absolute atomic E-state index is 12.6. The number of fused-ring (bicyclic) bond motifs is 3. The quantitative estimate of drug-likeness (QED) is 0.697. The fourth-order valence-corrected chi connectivity index (χ4v) is 3.98. The fourth-order valence-electron chi connectivity index (χ4n) is 3.98. The third-order valence-electron chi connectivity index (χ3n) is 5.15. The van der Waals surface area contributed by atoms with Crippen LogP contribution in [0.15, 0.2) is 48.5 Å². The molecular weight excluding hydrogens is 340 g/mol. The molecule has 2 heterocycles. The Morgan fingerprint density at radius 2 is 1.59 bits per heavy atom. The van der Waals surface area contributed by atoms with E-state index in [0.717, 1.165) is 21.8 Å². The standard InChI is InChI=1S/C22H26N2O3/c1-22(2,3)27-21(26)23-13-12-20(25)19(14-23)24-17-10-6-4-8-15(17)16-9-5-7-11-18(16)24/h4-11,19-20,25H,12-14H2,1-3H3/t19-,20-/m0/s1. The first-order valence-corrected chi connectivity index (χ1v) is 9.49.